The van der Waals surface area contributed by atoms with E-state index in [4.69, 9.17) is 4.74 Å². The number of ether oxygens (including phenoxy) is 1. The number of hydrogen-bond donors (Lipinski definition) is 0. The lowest BCUT2D eigenvalue weighted by Crippen LogP contribution is -2.83. The fraction of sp³-hybridized carbons (Fsp3) is 0.308. The van der Waals surface area contributed by atoms with E-state index in [-0.39, 0.29) is 5.22 Å². The average Bonchev–Trinajstić information content (AvgIpc) is 2.76. The second-order valence-corrected chi connectivity index (χ2v) is 23.9. The maximum atomic E-state index is 7.05. The highest BCUT2D eigenvalue weighted by Crippen LogP contribution is 2.46. The van der Waals surface area contributed by atoms with Crippen molar-refractivity contribution >= 4 is 25.6 Å². The van der Waals surface area contributed by atoms with Gasteiger partial charge in [0.05, 0.1) is 12.8 Å². The van der Waals surface area contributed by atoms with Gasteiger partial charge in [-0.3, -0.25) is 0 Å². The molecule has 1 atom stereocenters. The minimum atomic E-state index is -2.32. The van der Waals surface area contributed by atoms with Crippen LogP contribution in [0.15, 0.2) is 91.0 Å². The fourth-order valence-corrected chi connectivity index (χ4v) is 23.6. The van der Waals surface area contributed by atoms with E-state index < -0.39 is 15.2 Å². The lowest BCUT2D eigenvalue weighted by molar-refractivity contribution is -0.0266. The Hall–Kier alpha value is -1.95. The van der Waals surface area contributed by atoms with Crippen LogP contribution in [0.3, 0.4) is 0 Å². The summed E-state index contributed by atoms with van der Waals surface area (Å²) in [6.07, 6.45) is 3.50. The first-order chi connectivity index (χ1) is 14.0. The van der Waals surface area contributed by atoms with Crippen molar-refractivity contribution in [2.45, 2.75) is 44.1 Å². The van der Waals surface area contributed by atoms with E-state index in [9.17, 15) is 0 Å². The molecule has 0 aromatic heterocycles. The van der Waals surface area contributed by atoms with Gasteiger partial charge in [-0.15, -0.1) is 0 Å². The van der Waals surface area contributed by atoms with Gasteiger partial charge in [0.2, 0.25) is 0 Å². The largest absolute Gasteiger partial charge is 0.373 e. The minimum Gasteiger partial charge on any atom is -0.373 e. The highest BCUT2D eigenvalue weighted by Gasteiger charge is 2.64. The molecule has 1 nitrogen and oxygen atoms in total. The quantitative estimate of drug-likeness (QED) is 0.513. The lowest BCUT2D eigenvalue weighted by Gasteiger charge is -2.57. The van der Waals surface area contributed by atoms with Crippen molar-refractivity contribution in [3.63, 3.8) is 0 Å². The Kier molecular flexibility index (Phi) is 5.65. The monoisotopic (exact) mass is 416 g/mol. The summed E-state index contributed by atoms with van der Waals surface area (Å²) >= 11 is 0. The van der Waals surface area contributed by atoms with E-state index >= 15 is 0 Å². The maximum Gasteiger partial charge on any atom is 0.150 e. The normalized spacial score (nSPS) is 20.4. The van der Waals surface area contributed by atoms with E-state index in [1.54, 1.807) is 0 Å². The molecule has 1 saturated heterocycles. The minimum absolute atomic E-state index is 0.223. The summed E-state index contributed by atoms with van der Waals surface area (Å²) in [5, 5.41) is 2.83. The summed E-state index contributed by atoms with van der Waals surface area (Å²) in [5.41, 5.74) is 1.38. The molecular weight excluding hydrogens is 384 g/mol. The van der Waals surface area contributed by atoms with Crippen LogP contribution in [0.1, 0.15) is 24.8 Å². The topological polar surface area (TPSA) is 9.23 Å². The van der Waals surface area contributed by atoms with Crippen molar-refractivity contribution in [1.29, 1.82) is 0 Å². The Bertz CT molecular complexity index is 872. The molecule has 0 bridgehead atoms. The van der Waals surface area contributed by atoms with Crippen molar-refractivity contribution in [2.75, 3.05) is 6.61 Å². The molecular formula is C26H32OSi2. The van der Waals surface area contributed by atoms with Gasteiger partial charge in [-0.1, -0.05) is 121 Å². The SMILES string of the molecule is C[Si](C)(C)[Si](c1ccccc1)(c1ccccc1)C1(c2ccccc2)CCCCO1. The van der Waals surface area contributed by atoms with E-state index in [0.29, 0.717) is 0 Å². The zero-order chi connectivity index (χ0) is 20.4. The molecule has 0 aliphatic carbocycles. The first-order valence-electron chi connectivity index (χ1n) is 10.8. The Labute approximate surface area is 177 Å². The Morgan fingerprint density at radius 3 is 1.55 bits per heavy atom. The lowest BCUT2D eigenvalue weighted by atomic mass is 10.0. The summed E-state index contributed by atoms with van der Waals surface area (Å²) in [6, 6.07) is 33.9. The number of hydrogen-bond acceptors (Lipinski definition) is 1. The first-order valence-corrected chi connectivity index (χ1v) is 17.3. The molecule has 1 heterocycles. The average molecular weight is 417 g/mol. The summed E-state index contributed by atoms with van der Waals surface area (Å²) in [4.78, 5) is 0. The van der Waals surface area contributed by atoms with Gasteiger partial charge in [-0.05, 0) is 24.8 Å². The van der Waals surface area contributed by atoms with Crippen LogP contribution >= 0.6 is 0 Å². The molecule has 3 aromatic carbocycles. The molecule has 0 saturated carbocycles. The predicted molar refractivity (Wildman–Crippen MR) is 129 cm³/mol. The van der Waals surface area contributed by atoms with Crippen LogP contribution in [-0.4, -0.2) is 21.8 Å². The van der Waals surface area contributed by atoms with Crippen molar-refractivity contribution in [3.05, 3.63) is 96.6 Å². The Morgan fingerprint density at radius 1 is 0.655 bits per heavy atom. The van der Waals surface area contributed by atoms with Gasteiger partial charge in [0, 0.05) is 6.61 Å². The van der Waals surface area contributed by atoms with E-state index in [2.05, 4.69) is 111 Å². The Balaban J connectivity index is 2.14. The van der Waals surface area contributed by atoms with Crippen LogP contribution in [-0.2, 0) is 9.96 Å². The molecule has 3 aromatic rings. The van der Waals surface area contributed by atoms with Crippen molar-refractivity contribution in [1.82, 2.24) is 0 Å². The molecule has 1 aliphatic heterocycles. The van der Waals surface area contributed by atoms with Gasteiger partial charge >= 0.3 is 0 Å². The molecule has 1 fully saturated rings. The van der Waals surface area contributed by atoms with Crippen molar-refractivity contribution in [3.8, 4) is 0 Å². The van der Waals surface area contributed by atoms with Gasteiger partial charge < -0.3 is 4.74 Å². The summed E-state index contributed by atoms with van der Waals surface area (Å²) < 4.78 is 7.05. The fourth-order valence-electron chi connectivity index (χ4n) is 5.72. The molecule has 29 heavy (non-hydrogen) atoms. The third kappa shape index (κ3) is 3.25. The molecule has 150 valence electrons. The smallest absolute Gasteiger partial charge is 0.150 e. The zero-order valence-electron chi connectivity index (χ0n) is 17.9. The van der Waals surface area contributed by atoms with E-state index in [0.717, 1.165) is 19.4 Å². The van der Waals surface area contributed by atoms with Gasteiger partial charge in [-0.2, -0.15) is 0 Å². The second-order valence-electron chi connectivity index (χ2n) is 9.23. The summed E-state index contributed by atoms with van der Waals surface area (Å²) in [5.74, 6) is 0. The predicted octanol–water partition coefficient (Wildman–Crippen LogP) is 5.30. The molecule has 0 N–H and O–H groups in total. The van der Waals surface area contributed by atoms with Gasteiger partial charge in [0.15, 0.2) is 0 Å². The molecule has 0 radical (unpaired) electrons. The molecule has 1 unspecified atom stereocenters. The van der Waals surface area contributed by atoms with Crippen molar-refractivity contribution < 1.29 is 4.74 Å². The summed E-state index contributed by atoms with van der Waals surface area (Å²) in [6.45, 7) is 8.57. The standard InChI is InChI=1S/C26H32OSi2/c1-28(2,3)29(24-17-9-5-10-18-24,25-19-11-6-12-20-25)26(21-13-14-22-27-26)23-15-7-4-8-16-23/h4-12,15-20H,13-14,21-22H2,1-3H3. The maximum absolute atomic E-state index is 7.05. The highest BCUT2D eigenvalue weighted by molar-refractivity contribution is 7.51. The summed E-state index contributed by atoms with van der Waals surface area (Å²) in [7, 11) is -4.07. The highest BCUT2D eigenvalue weighted by atomic mass is 29.3. The van der Waals surface area contributed by atoms with Gasteiger partial charge in [0.1, 0.15) is 7.59 Å². The zero-order valence-corrected chi connectivity index (χ0v) is 19.9. The van der Waals surface area contributed by atoms with Gasteiger partial charge in [0.25, 0.3) is 0 Å². The first kappa shape index (κ1) is 20.3. The molecule has 0 spiro atoms. The number of benzene rings is 3. The molecule has 0 amide bonds. The van der Waals surface area contributed by atoms with Crippen LogP contribution in [0.25, 0.3) is 0 Å². The van der Waals surface area contributed by atoms with Crippen LogP contribution < -0.4 is 10.4 Å². The molecule has 1 aliphatic rings. The van der Waals surface area contributed by atoms with Crippen LogP contribution in [0.4, 0.5) is 0 Å². The number of rotatable bonds is 5. The Morgan fingerprint density at radius 2 is 1.14 bits per heavy atom. The van der Waals surface area contributed by atoms with Crippen LogP contribution in [0.2, 0.25) is 19.6 Å². The van der Waals surface area contributed by atoms with E-state index in [1.165, 1.54) is 22.4 Å². The molecule has 3 heteroatoms. The molecule has 4 rings (SSSR count). The van der Waals surface area contributed by atoms with Crippen LogP contribution in [0.5, 0.6) is 0 Å². The van der Waals surface area contributed by atoms with E-state index in [1.807, 2.05) is 0 Å². The third-order valence-electron chi connectivity index (χ3n) is 6.66. The second kappa shape index (κ2) is 8.06. The van der Waals surface area contributed by atoms with Gasteiger partial charge in [-0.25, -0.2) is 0 Å². The van der Waals surface area contributed by atoms with Crippen LogP contribution in [0, 0.1) is 0 Å². The third-order valence-corrected chi connectivity index (χ3v) is 22.9. The van der Waals surface area contributed by atoms with Crippen molar-refractivity contribution in [2.24, 2.45) is 0 Å².